The number of benzene rings is 1. The Balaban J connectivity index is 2.38. The van der Waals surface area contributed by atoms with Crippen LogP contribution in [-0.4, -0.2) is 29.9 Å². The number of carbonyl (C=O) groups is 1. The Bertz CT molecular complexity index is 384. The van der Waals surface area contributed by atoms with Crippen LogP contribution in [-0.2, 0) is 11.3 Å². The minimum atomic E-state index is -1.50. The standard InChI is InChI=1S/C12H18BNO4/c1-2-3-7-18-12(15)14-9-10-5-4-6-11(8-10)13(16)17/h4-6,8,16-17H,2-3,7,9H2,1H3,(H,14,15). The van der Waals surface area contributed by atoms with Gasteiger partial charge >= 0.3 is 13.2 Å². The van der Waals surface area contributed by atoms with E-state index in [1.807, 2.05) is 6.92 Å². The third kappa shape index (κ3) is 5.20. The smallest absolute Gasteiger partial charge is 0.450 e. The summed E-state index contributed by atoms with van der Waals surface area (Å²) in [6.07, 6.45) is 1.36. The maximum Gasteiger partial charge on any atom is 0.488 e. The largest absolute Gasteiger partial charge is 0.488 e. The van der Waals surface area contributed by atoms with Crippen molar-refractivity contribution in [1.29, 1.82) is 0 Å². The molecule has 0 aliphatic rings. The lowest BCUT2D eigenvalue weighted by Crippen LogP contribution is -2.31. The molecule has 3 N–H and O–H groups in total. The van der Waals surface area contributed by atoms with Crippen molar-refractivity contribution in [3.8, 4) is 0 Å². The quantitative estimate of drug-likeness (QED) is 0.505. The summed E-state index contributed by atoms with van der Waals surface area (Å²) in [6, 6.07) is 6.72. The van der Waals surface area contributed by atoms with Gasteiger partial charge in [-0.3, -0.25) is 0 Å². The van der Waals surface area contributed by atoms with Gasteiger partial charge in [-0.05, 0) is 17.4 Å². The van der Waals surface area contributed by atoms with E-state index in [2.05, 4.69) is 5.32 Å². The lowest BCUT2D eigenvalue weighted by atomic mass is 9.80. The highest BCUT2D eigenvalue weighted by molar-refractivity contribution is 6.58. The van der Waals surface area contributed by atoms with Crippen LogP contribution in [0.25, 0.3) is 0 Å². The van der Waals surface area contributed by atoms with E-state index in [0.717, 1.165) is 18.4 Å². The Hall–Kier alpha value is -1.53. The van der Waals surface area contributed by atoms with Gasteiger partial charge in [0.05, 0.1) is 6.61 Å². The Morgan fingerprint density at radius 3 is 2.89 bits per heavy atom. The molecule has 18 heavy (non-hydrogen) atoms. The molecule has 0 bridgehead atoms. The second-order valence-electron chi connectivity index (χ2n) is 3.96. The summed E-state index contributed by atoms with van der Waals surface area (Å²) in [5, 5.41) is 20.6. The average molecular weight is 251 g/mol. The van der Waals surface area contributed by atoms with Gasteiger partial charge in [-0.25, -0.2) is 4.79 Å². The van der Waals surface area contributed by atoms with Gasteiger partial charge in [0, 0.05) is 6.54 Å². The van der Waals surface area contributed by atoms with E-state index >= 15 is 0 Å². The number of alkyl carbamates (subject to hydrolysis) is 1. The van der Waals surface area contributed by atoms with Gasteiger partial charge < -0.3 is 20.1 Å². The van der Waals surface area contributed by atoms with Crippen LogP contribution in [0, 0.1) is 0 Å². The summed E-state index contributed by atoms with van der Waals surface area (Å²) in [5.41, 5.74) is 1.18. The van der Waals surface area contributed by atoms with E-state index in [9.17, 15) is 4.79 Å². The second-order valence-corrected chi connectivity index (χ2v) is 3.96. The SMILES string of the molecule is CCCCOC(=O)NCc1cccc(B(O)O)c1. The molecule has 0 aromatic heterocycles. The normalized spacial score (nSPS) is 9.94. The van der Waals surface area contributed by atoms with Crippen molar-refractivity contribution in [3.63, 3.8) is 0 Å². The van der Waals surface area contributed by atoms with Crippen molar-refractivity contribution in [1.82, 2.24) is 5.32 Å². The van der Waals surface area contributed by atoms with Crippen LogP contribution in [0.5, 0.6) is 0 Å². The lowest BCUT2D eigenvalue weighted by Gasteiger charge is -2.07. The van der Waals surface area contributed by atoms with Crippen LogP contribution in [0.1, 0.15) is 25.3 Å². The van der Waals surface area contributed by atoms with Crippen LogP contribution >= 0.6 is 0 Å². The van der Waals surface area contributed by atoms with Crippen LogP contribution in [0.3, 0.4) is 0 Å². The fourth-order valence-corrected chi connectivity index (χ4v) is 1.40. The van der Waals surface area contributed by atoms with Crippen LogP contribution in [0.15, 0.2) is 24.3 Å². The van der Waals surface area contributed by atoms with Crippen LogP contribution in [0.2, 0.25) is 0 Å². The zero-order valence-corrected chi connectivity index (χ0v) is 10.4. The Morgan fingerprint density at radius 2 is 2.22 bits per heavy atom. The van der Waals surface area contributed by atoms with Crippen molar-refractivity contribution in [3.05, 3.63) is 29.8 Å². The summed E-state index contributed by atoms with van der Waals surface area (Å²) in [5.74, 6) is 0. The van der Waals surface area contributed by atoms with E-state index in [0.29, 0.717) is 18.6 Å². The third-order valence-corrected chi connectivity index (χ3v) is 2.42. The maximum atomic E-state index is 11.3. The molecular formula is C12H18BNO4. The fourth-order valence-electron chi connectivity index (χ4n) is 1.40. The van der Waals surface area contributed by atoms with Gasteiger partial charge in [0.1, 0.15) is 0 Å². The molecule has 0 spiro atoms. The molecule has 1 rings (SSSR count). The van der Waals surface area contributed by atoms with Crippen molar-refractivity contribution < 1.29 is 19.6 Å². The lowest BCUT2D eigenvalue weighted by molar-refractivity contribution is 0.144. The van der Waals surface area contributed by atoms with Crippen molar-refractivity contribution >= 4 is 18.7 Å². The van der Waals surface area contributed by atoms with Gasteiger partial charge in [-0.1, -0.05) is 37.6 Å². The third-order valence-electron chi connectivity index (χ3n) is 2.42. The molecule has 0 radical (unpaired) electrons. The molecule has 0 heterocycles. The zero-order chi connectivity index (χ0) is 13.4. The van der Waals surface area contributed by atoms with Crippen LogP contribution < -0.4 is 10.8 Å². The molecule has 0 fully saturated rings. The number of hydrogen-bond acceptors (Lipinski definition) is 4. The first-order valence-electron chi connectivity index (χ1n) is 5.99. The summed E-state index contributed by atoms with van der Waals surface area (Å²) >= 11 is 0. The molecule has 6 heteroatoms. The van der Waals surface area contributed by atoms with E-state index in [1.54, 1.807) is 24.3 Å². The topological polar surface area (TPSA) is 78.8 Å². The first-order chi connectivity index (χ1) is 8.63. The zero-order valence-electron chi connectivity index (χ0n) is 10.4. The second kappa shape index (κ2) is 7.73. The highest BCUT2D eigenvalue weighted by Gasteiger charge is 2.10. The summed E-state index contributed by atoms with van der Waals surface area (Å²) in [4.78, 5) is 11.3. The Kier molecular flexibility index (Phi) is 6.25. The summed E-state index contributed by atoms with van der Waals surface area (Å²) < 4.78 is 4.93. The first-order valence-corrected chi connectivity index (χ1v) is 5.99. The summed E-state index contributed by atoms with van der Waals surface area (Å²) in [6.45, 7) is 2.73. The molecule has 0 aliphatic heterocycles. The molecule has 0 unspecified atom stereocenters. The molecule has 1 aromatic rings. The summed E-state index contributed by atoms with van der Waals surface area (Å²) in [7, 11) is -1.50. The first kappa shape index (κ1) is 14.5. The fraction of sp³-hybridized carbons (Fsp3) is 0.417. The van der Waals surface area contributed by atoms with E-state index in [4.69, 9.17) is 14.8 Å². The molecule has 1 aromatic carbocycles. The molecule has 5 nitrogen and oxygen atoms in total. The number of hydrogen-bond donors (Lipinski definition) is 3. The Labute approximate surface area is 107 Å². The van der Waals surface area contributed by atoms with Gasteiger partial charge in [0.15, 0.2) is 0 Å². The minimum absolute atomic E-state index is 0.297. The van der Waals surface area contributed by atoms with Crippen LogP contribution in [0.4, 0.5) is 4.79 Å². The van der Waals surface area contributed by atoms with Gasteiger partial charge in [0.25, 0.3) is 0 Å². The number of amides is 1. The molecule has 1 amide bonds. The van der Waals surface area contributed by atoms with Gasteiger partial charge in [-0.15, -0.1) is 0 Å². The van der Waals surface area contributed by atoms with Gasteiger partial charge in [0.2, 0.25) is 0 Å². The monoisotopic (exact) mass is 251 g/mol. The molecule has 0 saturated heterocycles. The highest BCUT2D eigenvalue weighted by atomic mass is 16.5. The molecule has 0 saturated carbocycles. The predicted molar refractivity (Wildman–Crippen MR) is 69.4 cm³/mol. The van der Waals surface area contributed by atoms with Crippen molar-refractivity contribution in [2.45, 2.75) is 26.3 Å². The molecule has 0 atom stereocenters. The average Bonchev–Trinajstić information content (AvgIpc) is 2.37. The van der Waals surface area contributed by atoms with Gasteiger partial charge in [-0.2, -0.15) is 0 Å². The molecule has 98 valence electrons. The number of nitrogens with one attached hydrogen (secondary N) is 1. The molecular weight excluding hydrogens is 233 g/mol. The van der Waals surface area contributed by atoms with Crippen molar-refractivity contribution in [2.75, 3.05) is 6.61 Å². The minimum Gasteiger partial charge on any atom is -0.450 e. The van der Waals surface area contributed by atoms with E-state index < -0.39 is 13.2 Å². The predicted octanol–water partition coefficient (Wildman–Crippen LogP) is 0.393. The highest BCUT2D eigenvalue weighted by Crippen LogP contribution is 1.97. The maximum absolute atomic E-state index is 11.3. The number of carbonyl (C=O) groups excluding carboxylic acids is 1. The number of unbranched alkanes of at least 4 members (excludes halogenated alkanes) is 1. The Morgan fingerprint density at radius 1 is 1.44 bits per heavy atom. The van der Waals surface area contributed by atoms with Crippen molar-refractivity contribution in [2.24, 2.45) is 0 Å². The molecule has 0 aliphatic carbocycles. The van der Waals surface area contributed by atoms with E-state index in [-0.39, 0.29) is 0 Å². The van der Waals surface area contributed by atoms with E-state index in [1.165, 1.54) is 0 Å². The number of ether oxygens (including phenoxy) is 1. The number of rotatable bonds is 6.